The Morgan fingerprint density at radius 2 is 2.00 bits per heavy atom. The van der Waals surface area contributed by atoms with Crippen molar-refractivity contribution in [3.8, 4) is 0 Å². The first-order valence-corrected chi connectivity index (χ1v) is 10.9. The molecule has 9 nitrogen and oxygen atoms in total. The summed E-state index contributed by atoms with van der Waals surface area (Å²) in [5.74, 6) is -0.692. The lowest BCUT2D eigenvalue weighted by Gasteiger charge is -2.17. The van der Waals surface area contributed by atoms with Crippen LogP contribution in [0.2, 0.25) is 5.02 Å². The van der Waals surface area contributed by atoms with E-state index >= 15 is 0 Å². The Morgan fingerprint density at radius 1 is 1.22 bits per heavy atom. The van der Waals surface area contributed by atoms with Crippen molar-refractivity contribution >= 4 is 51.3 Å². The summed E-state index contributed by atoms with van der Waals surface area (Å²) in [6, 6.07) is 9.71. The maximum atomic E-state index is 12.6. The highest BCUT2D eigenvalue weighted by atomic mass is 35.5. The summed E-state index contributed by atoms with van der Waals surface area (Å²) in [6.07, 6.45) is 0.304. The van der Waals surface area contributed by atoms with Crippen molar-refractivity contribution < 1.29 is 14.5 Å². The number of halogens is 1. The van der Waals surface area contributed by atoms with Crippen LogP contribution in [-0.4, -0.2) is 33.5 Å². The number of aromatic nitrogens is 2. The van der Waals surface area contributed by atoms with Gasteiger partial charge in [-0.15, -0.1) is 10.2 Å². The fraction of sp³-hybridized carbons (Fsp3) is 0.238. The minimum absolute atomic E-state index is 0.00696. The number of carbonyl (C=O) groups excluding carboxylic acids is 2. The maximum Gasteiger partial charge on any atom is 0.288 e. The third-order valence-electron chi connectivity index (χ3n) is 5.34. The number of nitrogens with one attached hydrogen (secondary N) is 1. The van der Waals surface area contributed by atoms with E-state index in [4.69, 9.17) is 11.6 Å². The van der Waals surface area contributed by atoms with Crippen LogP contribution in [0.5, 0.6) is 0 Å². The average Bonchev–Trinajstić information content (AvgIpc) is 3.36. The lowest BCUT2D eigenvalue weighted by atomic mass is 10.1. The first-order chi connectivity index (χ1) is 15.2. The van der Waals surface area contributed by atoms with Gasteiger partial charge in [0, 0.05) is 36.2 Å². The quantitative estimate of drug-likeness (QED) is 0.432. The zero-order chi connectivity index (χ0) is 23.0. The fourth-order valence-electron chi connectivity index (χ4n) is 3.43. The van der Waals surface area contributed by atoms with Gasteiger partial charge >= 0.3 is 0 Å². The summed E-state index contributed by atoms with van der Waals surface area (Å²) in [4.78, 5) is 37.2. The first kappa shape index (κ1) is 21.8. The van der Waals surface area contributed by atoms with Crippen LogP contribution in [0.25, 0.3) is 0 Å². The van der Waals surface area contributed by atoms with Crippen LogP contribution in [0.4, 0.5) is 16.5 Å². The van der Waals surface area contributed by atoms with E-state index in [2.05, 4.69) is 15.5 Å². The van der Waals surface area contributed by atoms with E-state index in [9.17, 15) is 19.7 Å². The maximum absolute atomic E-state index is 12.6. The second kappa shape index (κ2) is 8.64. The fourth-order valence-corrected chi connectivity index (χ4v) is 4.45. The summed E-state index contributed by atoms with van der Waals surface area (Å²) in [5, 5.41) is 22.6. The van der Waals surface area contributed by atoms with Crippen molar-refractivity contribution in [3.63, 3.8) is 0 Å². The van der Waals surface area contributed by atoms with Gasteiger partial charge in [-0.25, -0.2) is 0 Å². The Bertz CT molecular complexity index is 1240. The molecule has 32 heavy (non-hydrogen) atoms. The Balaban J connectivity index is 1.46. The molecule has 1 atom stereocenters. The summed E-state index contributed by atoms with van der Waals surface area (Å²) >= 11 is 6.97. The highest BCUT2D eigenvalue weighted by molar-refractivity contribution is 7.15. The molecule has 11 heteroatoms. The van der Waals surface area contributed by atoms with Crippen molar-refractivity contribution in [2.75, 3.05) is 16.8 Å². The van der Waals surface area contributed by atoms with Gasteiger partial charge < -0.3 is 4.90 Å². The zero-order valence-electron chi connectivity index (χ0n) is 17.2. The molecule has 1 fully saturated rings. The number of nitro benzene ring substituents is 1. The van der Waals surface area contributed by atoms with Gasteiger partial charge in [-0.1, -0.05) is 29.0 Å². The number of nitrogens with zero attached hydrogens (tertiary/aromatic N) is 4. The molecule has 1 aromatic heterocycles. The van der Waals surface area contributed by atoms with Crippen molar-refractivity contribution in [3.05, 3.63) is 73.2 Å². The first-order valence-electron chi connectivity index (χ1n) is 9.69. The highest BCUT2D eigenvalue weighted by Crippen LogP contribution is 2.35. The molecule has 1 aliphatic heterocycles. The van der Waals surface area contributed by atoms with Gasteiger partial charge in [0.2, 0.25) is 11.0 Å². The molecule has 4 rings (SSSR count). The molecule has 1 N–H and O–H groups in total. The van der Waals surface area contributed by atoms with E-state index in [0.29, 0.717) is 18.0 Å². The highest BCUT2D eigenvalue weighted by Gasteiger charge is 2.34. The van der Waals surface area contributed by atoms with Gasteiger partial charge in [-0.2, -0.15) is 0 Å². The number of amides is 2. The van der Waals surface area contributed by atoms with Crippen LogP contribution in [0, 0.1) is 24.0 Å². The molecule has 2 aromatic carbocycles. The minimum Gasteiger partial charge on any atom is -0.312 e. The largest absolute Gasteiger partial charge is 0.312 e. The Labute approximate surface area is 192 Å². The molecule has 1 saturated heterocycles. The lowest BCUT2D eigenvalue weighted by molar-refractivity contribution is -0.384. The van der Waals surface area contributed by atoms with Crippen LogP contribution < -0.4 is 10.2 Å². The summed E-state index contributed by atoms with van der Waals surface area (Å²) in [6.45, 7) is 4.51. The van der Waals surface area contributed by atoms with Gasteiger partial charge in [0.1, 0.15) is 10.0 Å². The average molecular weight is 472 g/mol. The SMILES string of the molecule is Cc1ccc(N2CC(c3nnc(NC(=O)c4ccc(Cl)c([N+](=O)[O-])c4)s3)CC2=O)cc1C. The molecule has 1 aliphatic rings. The van der Waals surface area contributed by atoms with E-state index in [0.717, 1.165) is 22.9 Å². The molecule has 3 aromatic rings. The number of nitro groups is 1. The van der Waals surface area contributed by atoms with E-state index in [1.807, 2.05) is 32.0 Å². The number of carbonyl (C=O) groups is 2. The molecule has 164 valence electrons. The number of hydrogen-bond donors (Lipinski definition) is 1. The summed E-state index contributed by atoms with van der Waals surface area (Å²) < 4.78 is 0. The van der Waals surface area contributed by atoms with Gasteiger partial charge in [0.15, 0.2) is 0 Å². The standard InChI is InChI=1S/C21H18ClN5O4S/c1-11-3-5-15(7-12(11)2)26-10-14(9-18(26)28)20-24-25-21(32-20)23-19(29)13-4-6-16(22)17(8-13)27(30)31/h3-8,14H,9-10H2,1-2H3,(H,23,25,29). The summed E-state index contributed by atoms with van der Waals surface area (Å²) in [5.41, 5.74) is 2.85. The predicted molar refractivity (Wildman–Crippen MR) is 122 cm³/mol. The van der Waals surface area contributed by atoms with E-state index in [-0.39, 0.29) is 33.2 Å². The van der Waals surface area contributed by atoms with Gasteiger partial charge in [0.05, 0.1) is 4.92 Å². The third-order valence-corrected chi connectivity index (χ3v) is 6.66. The van der Waals surface area contributed by atoms with Crippen molar-refractivity contribution in [1.29, 1.82) is 0 Å². The second-order valence-electron chi connectivity index (χ2n) is 7.50. The van der Waals surface area contributed by atoms with E-state index in [1.165, 1.54) is 23.5 Å². The van der Waals surface area contributed by atoms with Crippen molar-refractivity contribution in [1.82, 2.24) is 10.2 Å². The van der Waals surface area contributed by atoms with Crippen LogP contribution in [0.1, 0.15) is 38.8 Å². The lowest BCUT2D eigenvalue weighted by Crippen LogP contribution is -2.24. The molecule has 0 spiro atoms. The number of anilines is 2. The molecule has 0 bridgehead atoms. The van der Waals surface area contributed by atoms with Gasteiger partial charge in [-0.3, -0.25) is 25.0 Å². The molecule has 0 aliphatic carbocycles. The smallest absolute Gasteiger partial charge is 0.288 e. The topological polar surface area (TPSA) is 118 Å². The number of hydrogen-bond acceptors (Lipinski definition) is 7. The predicted octanol–water partition coefficient (Wildman–Crippen LogP) is 4.49. The van der Waals surface area contributed by atoms with E-state index in [1.54, 1.807) is 4.90 Å². The zero-order valence-corrected chi connectivity index (χ0v) is 18.7. The van der Waals surface area contributed by atoms with Crippen LogP contribution in [-0.2, 0) is 4.79 Å². The monoisotopic (exact) mass is 471 g/mol. The normalized spacial score (nSPS) is 15.8. The number of aryl methyl sites for hydroxylation is 2. The molecule has 0 saturated carbocycles. The molecule has 0 radical (unpaired) electrons. The van der Waals surface area contributed by atoms with Gasteiger partial charge in [-0.05, 0) is 49.2 Å². The molecular formula is C21H18ClN5O4S. The third kappa shape index (κ3) is 4.32. The molecule has 1 unspecified atom stereocenters. The van der Waals surface area contributed by atoms with Crippen LogP contribution >= 0.6 is 22.9 Å². The molecule has 2 amide bonds. The minimum atomic E-state index is -0.652. The molecular weight excluding hydrogens is 454 g/mol. The molecule has 2 heterocycles. The Morgan fingerprint density at radius 3 is 2.72 bits per heavy atom. The second-order valence-corrected chi connectivity index (χ2v) is 8.91. The van der Waals surface area contributed by atoms with Gasteiger partial charge in [0.25, 0.3) is 11.6 Å². The van der Waals surface area contributed by atoms with E-state index < -0.39 is 10.8 Å². The number of rotatable bonds is 5. The van der Waals surface area contributed by atoms with Crippen molar-refractivity contribution in [2.45, 2.75) is 26.2 Å². The number of benzene rings is 2. The van der Waals surface area contributed by atoms with Crippen LogP contribution in [0.3, 0.4) is 0 Å². The Hall–Kier alpha value is -3.37. The summed E-state index contributed by atoms with van der Waals surface area (Å²) in [7, 11) is 0. The Kier molecular flexibility index (Phi) is 5.90. The van der Waals surface area contributed by atoms with Crippen LogP contribution in [0.15, 0.2) is 36.4 Å². The van der Waals surface area contributed by atoms with Crippen molar-refractivity contribution in [2.24, 2.45) is 0 Å².